The summed E-state index contributed by atoms with van der Waals surface area (Å²) in [5, 5.41) is 14.2. The molecule has 0 radical (unpaired) electrons. The number of nitrogens with one attached hydrogen (secondary N) is 1. The number of para-hydroxylation sites is 1. The summed E-state index contributed by atoms with van der Waals surface area (Å²) in [7, 11) is 0. The van der Waals surface area contributed by atoms with Gasteiger partial charge in [-0.25, -0.2) is 4.79 Å². The van der Waals surface area contributed by atoms with Crippen molar-refractivity contribution in [1.82, 2.24) is 19.7 Å². The van der Waals surface area contributed by atoms with Crippen molar-refractivity contribution in [3.63, 3.8) is 0 Å². The van der Waals surface area contributed by atoms with Crippen LogP contribution in [0.15, 0.2) is 76.0 Å². The monoisotopic (exact) mass is 456 g/mol. The standard InChI is InChI=1S/C26H24N4O4/c1-3-33-25-27-22-10-6-9-19(16(2)31)23(22)30(25)15-17-11-13-18(14-12-17)20-7-4-5-8-21(20)24-28-26(32)34-29-24/h4-14,16,31H,3,15H2,1-2H3,(H,28,29,32)/t16-/m0/s1. The third-order valence-corrected chi connectivity index (χ3v) is 5.71. The molecule has 5 rings (SSSR count). The number of hydrogen-bond acceptors (Lipinski definition) is 6. The quantitative estimate of drug-likeness (QED) is 0.372. The van der Waals surface area contributed by atoms with Crippen LogP contribution in [0.4, 0.5) is 0 Å². The Morgan fingerprint density at radius 1 is 1.06 bits per heavy atom. The summed E-state index contributed by atoms with van der Waals surface area (Å²) in [4.78, 5) is 18.7. The summed E-state index contributed by atoms with van der Waals surface area (Å²) in [6.45, 7) is 4.70. The number of benzene rings is 3. The Morgan fingerprint density at radius 2 is 1.82 bits per heavy atom. The molecule has 0 fully saturated rings. The van der Waals surface area contributed by atoms with Crippen molar-refractivity contribution in [2.24, 2.45) is 0 Å². The number of imidazole rings is 1. The van der Waals surface area contributed by atoms with Crippen LogP contribution in [0.2, 0.25) is 0 Å². The van der Waals surface area contributed by atoms with E-state index in [2.05, 4.69) is 19.6 Å². The van der Waals surface area contributed by atoms with Crippen molar-refractivity contribution in [3.8, 4) is 28.5 Å². The van der Waals surface area contributed by atoms with Gasteiger partial charge in [0.1, 0.15) is 0 Å². The predicted octanol–water partition coefficient (Wildman–Crippen LogP) is 4.55. The average molecular weight is 457 g/mol. The second-order valence-electron chi connectivity index (χ2n) is 7.99. The molecule has 0 bridgehead atoms. The van der Waals surface area contributed by atoms with Gasteiger partial charge in [0.25, 0.3) is 6.01 Å². The van der Waals surface area contributed by atoms with E-state index in [9.17, 15) is 9.90 Å². The second kappa shape index (κ2) is 8.99. The molecular weight excluding hydrogens is 432 g/mol. The lowest BCUT2D eigenvalue weighted by molar-refractivity contribution is 0.200. The molecule has 2 heterocycles. The number of aromatic amines is 1. The molecule has 0 saturated heterocycles. The molecule has 0 aliphatic carbocycles. The van der Waals surface area contributed by atoms with Crippen LogP contribution in [0.25, 0.3) is 33.5 Å². The lowest BCUT2D eigenvalue weighted by Crippen LogP contribution is -2.07. The first kappa shape index (κ1) is 21.7. The fraction of sp³-hybridized carbons (Fsp3) is 0.192. The van der Waals surface area contributed by atoms with Gasteiger partial charge in [-0.05, 0) is 36.6 Å². The Balaban J connectivity index is 1.52. The highest BCUT2D eigenvalue weighted by Gasteiger charge is 2.18. The zero-order chi connectivity index (χ0) is 23.7. The molecular formula is C26H24N4O4. The highest BCUT2D eigenvalue weighted by molar-refractivity contribution is 5.82. The maximum absolute atomic E-state index is 11.4. The maximum atomic E-state index is 11.4. The third kappa shape index (κ3) is 3.99. The molecule has 0 spiro atoms. The molecule has 2 aromatic heterocycles. The van der Waals surface area contributed by atoms with E-state index in [4.69, 9.17) is 4.74 Å². The molecule has 0 saturated carbocycles. The molecule has 0 aliphatic heterocycles. The first-order valence-electron chi connectivity index (χ1n) is 11.1. The zero-order valence-corrected chi connectivity index (χ0v) is 18.9. The molecule has 8 nitrogen and oxygen atoms in total. The van der Waals surface area contributed by atoms with Gasteiger partial charge in [0.2, 0.25) is 0 Å². The lowest BCUT2D eigenvalue weighted by atomic mass is 9.98. The van der Waals surface area contributed by atoms with Gasteiger partial charge in [0.05, 0.1) is 30.3 Å². The molecule has 8 heteroatoms. The van der Waals surface area contributed by atoms with E-state index in [0.29, 0.717) is 25.0 Å². The second-order valence-corrected chi connectivity index (χ2v) is 7.99. The summed E-state index contributed by atoms with van der Waals surface area (Å²) < 4.78 is 12.5. The van der Waals surface area contributed by atoms with Crippen LogP contribution in [0.5, 0.6) is 6.01 Å². The number of rotatable bonds is 7. The van der Waals surface area contributed by atoms with Crippen LogP contribution in [0.3, 0.4) is 0 Å². The number of nitrogens with zero attached hydrogens (tertiary/aromatic N) is 3. The number of ether oxygens (including phenoxy) is 1. The van der Waals surface area contributed by atoms with Gasteiger partial charge in [-0.15, -0.1) is 0 Å². The molecule has 0 amide bonds. The third-order valence-electron chi connectivity index (χ3n) is 5.71. The number of hydrogen-bond donors (Lipinski definition) is 2. The predicted molar refractivity (Wildman–Crippen MR) is 129 cm³/mol. The number of aromatic nitrogens is 4. The molecule has 172 valence electrons. The molecule has 0 unspecified atom stereocenters. The van der Waals surface area contributed by atoms with E-state index in [-0.39, 0.29) is 0 Å². The maximum Gasteiger partial charge on any atom is 0.439 e. The minimum Gasteiger partial charge on any atom is -0.465 e. The van der Waals surface area contributed by atoms with Crippen LogP contribution >= 0.6 is 0 Å². The normalized spacial score (nSPS) is 12.2. The van der Waals surface area contributed by atoms with E-state index < -0.39 is 11.9 Å². The minimum atomic E-state index is -0.629. The SMILES string of the molecule is CCOc1nc2cccc([C@H](C)O)c2n1Cc1ccc(-c2ccccc2-c2noc(=O)[nH]2)cc1. The molecule has 2 N–H and O–H groups in total. The Hall–Kier alpha value is -4.17. The van der Waals surface area contributed by atoms with Crippen LogP contribution < -0.4 is 10.5 Å². The number of H-pyrrole nitrogens is 1. The Morgan fingerprint density at radius 3 is 2.50 bits per heavy atom. The molecule has 0 aliphatic rings. The van der Waals surface area contributed by atoms with Crippen molar-refractivity contribution < 1.29 is 14.4 Å². The van der Waals surface area contributed by atoms with Gasteiger partial charge < -0.3 is 9.84 Å². The molecule has 5 aromatic rings. The fourth-order valence-electron chi connectivity index (χ4n) is 4.17. The Bertz CT molecular complexity index is 1500. The van der Waals surface area contributed by atoms with Gasteiger partial charge in [-0.2, -0.15) is 4.98 Å². The Kier molecular flexibility index (Phi) is 5.73. The van der Waals surface area contributed by atoms with E-state index >= 15 is 0 Å². The summed E-state index contributed by atoms with van der Waals surface area (Å²) >= 11 is 0. The first-order chi connectivity index (χ1) is 16.5. The zero-order valence-electron chi connectivity index (χ0n) is 18.9. The van der Waals surface area contributed by atoms with Crippen LogP contribution in [-0.2, 0) is 6.54 Å². The smallest absolute Gasteiger partial charge is 0.439 e. The fourth-order valence-corrected chi connectivity index (χ4v) is 4.17. The van der Waals surface area contributed by atoms with Crippen molar-refractivity contribution >= 4 is 11.0 Å². The van der Waals surface area contributed by atoms with Gasteiger partial charge in [-0.1, -0.05) is 65.8 Å². The van der Waals surface area contributed by atoms with Gasteiger partial charge in [0.15, 0.2) is 5.82 Å². The van der Waals surface area contributed by atoms with E-state index in [0.717, 1.165) is 38.9 Å². The molecule has 34 heavy (non-hydrogen) atoms. The van der Waals surface area contributed by atoms with Crippen molar-refractivity contribution in [1.29, 1.82) is 0 Å². The summed E-state index contributed by atoms with van der Waals surface area (Å²) in [6, 6.07) is 22.1. The molecule has 3 aromatic carbocycles. The summed E-state index contributed by atoms with van der Waals surface area (Å²) in [6.07, 6.45) is -0.629. The van der Waals surface area contributed by atoms with Crippen LogP contribution in [-0.4, -0.2) is 31.4 Å². The minimum absolute atomic E-state index is 0.390. The van der Waals surface area contributed by atoms with Crippen molar-refractivity contribution in [3.05, 3.63) is 88.4 Å². The van der Waals surface area contributed by atoms with Gasteiger partial charge in [-0.3, -0.25) is 14.1 Å². The Labute approximate surface area is 195 Å². The molecule has 1 atom stereocenters. The van der Waals surface area contributed by atoms with Crippen molar-refractivity contribution in [2.75, 3.05) is 6.61 Å². The van der Waals surface area contributed by atoms with Crippen molar-refractivity contribution in [2.45, 2.75) is 26.5 Å². The number of fused-ring (bicyclic) bond motifs is 1. The van der Waals surface area contributed by atoms with E-state index in [1.807, 2.05) is 78.2 Å². The number of aliphatic hydroxyl groups excluding tert-OH is 1. The van der Waals surface area contributed by atoms with Gasteiger partial charge >= 0.3 is 5.76 Å². The summed E-state index contributed by atoms with van der Waals surface area (Å²) in [5.74, 6) is -0.198. The summed E-state index contributed by atoms with van der Waals surface area (Å²) in [5.41, 5.74) is 6.20. The lowest BCUT2D eigenvalue weighted by Gasteiger charge is -2.14. The van der Waals surface area contributed by atoms with Crippen LogP contribution in [0.1, 0.15) is 31.1 Å². The number of aliphatic hydroxyl groups is 1. The average Bonchev–Trinajstić information content (AvgIpc) is 3.43. The first-order valence-corrected chi connectivity index (χ1v) is 11.1. The largest absolute Gasteiger partial charge is 0.465 e. The van der Waals surface area contributed by atoms with E-state index in [1.165, 1.54) is 0 Å². The topological polar surface area (TPSA) is 106 Å². The highest BCUT2D eigenvalue weighted by atomic mass is 16.5. The highest BCUT2D eigenvalue weighted by Crippen LogP contribution is 2.32. The van der Waals surface area contributed by atoms with Crippen LogP contribution in [0, 0.1) is 0 Å². The van der Waals surface area contributed by atoms with Gasteiger partial charge in [0, 0.05) is 11.1 Å². The van der Waals surface area contributed by atoms with E-state index in [1.54, 1.807) is 6.92 Å².